The number of aromatic nitrogens is 2. The summed E-state index contributed by atoms with van der Waals surface area (Å²) in [4.78, 5) is 9.99. The lowest BCUT2D eigenvalue weighted by molar-refractivity contribution is 0.181. The highest BCUT2D eigenvalue weighted by molar-refractivity contribution is 5.75. The second-order valence-corrected chi connectivity index (χ2v) is 4.82. The average molecular weight is 245 g/mol. The van der Waals surface area contributed by atoms with Gasteiger partial charge in [0.15, 0.2) is 0 Å². The van der Waals surface area contributed by atoms with Crippen molar-refractivity contribution in [2.75, 3.05) is 26.2 Å². The Labute approximate surface area is 107 Å². The van der Waals surface area contributed by atoms with Crippen LogP contribution in [0, 0.1) is 0 Å². The largest absolute Gasteiger partial charge is 0.476 e. The predicted molar refractivity (Wildman–Crippen MR) is 71.9 cm³/mol. The molecule has 1 N–H and O–H groups in total. The minimum atomic E-state index is 0.710. The summed E-state index contributed by atoms with van der Waals surface area (Å²) in [6, 6.07) is 5.99. The zero-order valence-electron chi connectivity index (χ0n) is 10.6. The van der Waals surface area contributed by atoms with Crippen molar-refractivity contribution in [3.05, 3.63) is 24.4 Å². The molecule has 1 aliphatic rings. The fourth-order valence-electron chi connectivity index (χ4n) is 2.46. The molecule has 0 unspecified atom stereocenters. The van der Waals surface area contributed by atoms with E-state index in [1.165, 1.54) is 32.4 Å². The van der Waals surface area contributed by atoms with Crippen LogP contribution >= 0.6 is 0 Å². The molecule has 4 nitrogen and oxygen atoms in total. The van der Waals surface area contributed by atoms with E-state index in [2.05, 4.69) is 14.9 Å². The van der Waals surface area contributed by atoms with Crippen LogP contribution in [0.2, 0.25) is 0 Å². The Bertz CT molecular complexity index is 502. The highest BCUT2D eigenvalue weighted by Gasteiger charge is 2.09. The van der Waals surface area contributed by atoms with Crippen molar-refractivity contribution in [1.82, 2.24) is 14.9 Å². The molecule has 96 valence electrons. The van der Waals surface area contributed by atoms with Crippen LogP contribution in [0.15, 0.2) is 24.4 Å². The summed E-state index contributed by atoms with van der Waals surface area (Å²) in [5.74, 6) is 0.710. The standard InChI is InChI=1S/C14H19N3O/c1-2-8-17(9-3-1)10-11-18-13-5-4-12-6-7-15-14(12)16-13/h4-7H,1-3,8-11H2,(H,15,16). The van der Waals surface area contributed by atoms with E-state index in [1.54, 1.807) is 0 Å². The molecule has 3 heterocycles. The Hall–Kier alpha value is -1.55. The SMILES string of the molecule is c1cc2ccc(OCCN3CCCCC3)nc2[nH]1. The summed E-state index contributed by atoms with van der Waals surface area (Å²) in [7, 11) is 0. The van der Waals surface area contributed by atoms with Gasteiger partial charge in [-0.25, -0.2) is 0 Å². The van der Waals surface area contributed by atoms with Crippen molar-refractivity contribution < 1.29 is 4.74 Å². The number of nitrogens with zero attached hydrogens (tertiary/aromatic N) is 2. The van der Waals surface area contributed by atoms with Gasteiger partial charge in [-0.3, -0.25) is 4.90 Å². The molecule has 1 fully saturated rings. The number of likely N-dealkylation sites (tertiary alicyclic amines) is 1. The van der Waals surface area contributed by atoms with Crippen LogP contribution in [-0.2, 0) is 0 Å². The third-order valence-electron chi connectivity index (χ3n) is 3.49. The van der Waals surface area contributed by atoms with Crippen molar-refractivity contribution in [3.8, 4) is 5.88 Å². The molecule has 2 aromatic heterocycles. The van der Waals surface area contributed by atoms with Crippen LogP contribution in [0.3, 0.4) is 0 Å². The van der Waals surface area contributed by atoms with Gasteiger partial charge in [0.2, 0.25) is 5.88 Å². The fourth-order valence-corrected chi connectivity index (χ4v) is 2.46. The van der Waals surface area contributed by atoms with Crippen LogP contribution in [-0.4, -0.2) is 41.1 Å². The molecular weight excluding hydrogens is 226 g/mol. The first-order valence-corrected chi connectivity index (χ1v) is 6.71. The van der Waals surface area contributed by atoms with E-state index >= 15 is 0 Å². The summed E-state index contributed by atoms with van der Waals surface area (Å²) in [5, 5.41) is 1.12. The average Bonchev–Trinajstić information content (AvgIpc) is 2.87. The van der Waals surface area contributed by atoms with Gasteiger partial charge in [-0.2, -0.15) is 4.98 Å². The Morgan fingerprint density at radius 2 is 2.06 bits per heavy atom. The van der Waals surface area contributed by atoms with Crippen molar-refractivity contribution in [3.63, 3.8) is 0 Å². The Balaban J connectivity index is 1.52. The zero-order chi connectivity index (χ0) is 12.2. The number of nitrogens with one attached hydrogen (secondary N) is 1. The fraction of sp³-hybridized carbons (Fsp3) is 0.500. The molecular formula is C14H19N3O. The van der Waals surface area contributed by atoms with E-state index in [-0.39, 0.29) is 0 Å². The molecule has 0 aliphatic carbocycles. The van der Waals surface area contributed by atoms with Gasteiger partial charge in [-0.1, -0.05) is 6.42 Å². The third kappa shape index (κ3) is 2.64. The van der Waals surface area contributed by atoms with E-state index in [4.69, 9.17) is 4.74 Å². The molecule has 0 radical (unpaired) electrons. The lowest BCUT2D eigenvalue weighted by Gasteiger charge is -2.25. The molecule has 0 bridgehead atoms. The molecule has 3 rings (SSSR count). The van der Waals surface area contributed by atoms with E-state index in [9.17, 15) is 0 Å². The number of ether oxygens (including phenoxy) is 1. The highest BCUT2D eigenvalue weighted by atomic mass is 16.5. The molecule has 0 atom stereocenters. The van der Waals surface area contributed by atoms with Gasteiger partial charge in [-0.05, 0) is 38.1 Å². The van der Waals surface area contributed by atoms with E-state index in [0.29, 0.717) is 5.88 Å². The third-order valence-corrected chi connectivity index (χ3v) is 3.49. The molecule has 1 saturated heterocycles. The number of piperidine rings is 1. The summed E-state index contributed by atoms with van der Waals surface area (Å²) in [6.45, 7) is 4.16. The lowest BCUT2D eigenvalue weighted by Crippen LogP contribution is -2.33. The number of rotatable bonds is 4. The van der Waals surface area contributed by atoms with Crippen LogP contribution in [0.1, 0.15) is 19.3 Å². The molecule has 0 spiro atoms. The van der Waals surface area contributed by atoms with Gasteiger partial charge in [0.05, 0.1) is 0 Å². The predicted octanol–water partition coefficient (Wildman–Crippen LogP) is 2.43. The van der Waals surface area contributed by atoms with Gasteiger partial charge in [0, 0.05) is 24.2 Å². The summed E-state index contributed by atoms with van der Waals surface area (Å²) < 4.78 is 5.71. The van der Waals surface area contributed by atoms with Crippen molar-refractivity contribution >= 4 is 11.0 Å². The normalized spacial score (nSPS) is 17.1. The molecule has 18 heavy (non-hydrogen) atoms. The smallest absolute Gasteiger partial charge is 0.215 e. The highest BCUT2D eigenvalue weighted by Crippen LogP contribution is 2.15. The molecule has 0 aromatic carbocycles. The second-order valence-electron chi connectivity index (χ2n) is 4.82. The number of hydrogen-bond acceptors (Lipinski definition) is 3. The van der Waals surface area contributed by atoms with Crippen molar-refractivity contribution in [1.29, 1.82) is 0 Å². The van der Waals surface area contributed by atoms with Crippen molar-refractivity contribution in [2.24, 2.45) is 0 Å². The molecule has 0 saturated carbocycles. The van der Waals surface area contributed by atoms with Crippen molar-refractivity contribution in [2.45, 2.75) is 19.3 Å². The molecule has 4 heteroatoms. The topological polar surface area (TPSA) is 41.1 Å². The Morgan fingerprint density at radius 1 is 1.17 bits per heavy atom. The molecule has 0 amide bonds. The maximum Gasteiger partial charge on any atom is 0.215 e. The lowest BCUT2D eigenvalue weighted by atomic mass is 10.1. The van der Waals surface area contributed by atoms with Gasteiger partial charge in [0.25, 0.3) is 0 Å². The first kappa shape index (κ1) is 11.5. The minimum Gasteiger partial charge on any atom is -0.476 e. The van der Waals surface area contributed by atoms with Crippen LogP contribution < -0.4 is 4.74 Å². The van der Waals surface area contributed by atoms with Crippen LogP contribution in [0.5, 0.6) is 5.88 Å². The monoisotopic (exact) mass is 245 g/mol. The minimum absolute atomic E-state index is 0.710. The quantitative estimate of drug-likeness (QED) is 0.899. The molecule has 2 aromatic rings. The summed E-state index contributed by atoms with van der Waals surface area (Å²) in [6.07, 6.45) is 5.93. The van der Waals surface area contributed by atoms with Gasteiger partial charge in [-0.15, -0.1) is 0 Å². The van der Waals surface area contributed by atoms with Gasteiger partial charge >= 0.3 is 0 Å². The Morgan fingerprint density at radius 3 is 2.94 bits per heavy atom. The number of aromatic amines is 1. The summed E-state index contributed by atoms with van der Waals surface area (Å²) in [5.41, 5.74) is 0.894. The number of H-pyrrole nitrogens is 1. The van der Waals surface area contributed by atoms with E-state index < -0.39 is 0 Å². The first-order chi connectivity index (χ1) is 8.92. The van der Waals surface area contributed by atoms with Crippen LogP contribution in [0.4, 0.5) is 0 Å². The summed E-state index contributed by atoms with van der Waals surface area (Å²) >= 11 is 0. The van der Waals surface area contributed by atoms with Gasteiger partial charge < -0.3 is 9.72 Å². The number of fused-ring (bicyclic) bond motifs is 1. The number of hydrogen-bond donors (Lipinski definition) is 1. The maximum atomic E-state index is 5.71. The van der Waals surface area contributed by atoms with Crippen LogP contribution in [0.25, 0.3) is 11.0 Å². The maximum absolute atomic E-state index is 5.71. The van der Waals surface area contributed by atoms with E-state index in [0.717, 1.165) is 24.2 Å². The first-order valence-electron chi connectivity index (χ1n) is 6.71. The zero-order valence-corrected chi connectivity index (χ0v) is 10.6. The van der Waals surface area contributed by atoms with E-state index in [1.807, 2.05) is 24.4 Å². The Kier molecular flexibility index (Phi) is 3.46. The molecule has 1 aliphatic heterocycles. The number of pyridine rings is 1. The second kappa shape index (κ2) is 5.40. The van der Waals surface area contributed by atoms with Gasteiger partial charge in [0.1, 0.15) is 12.3 Å².